The fourth-order valence-corrected chi connectivity index (χ4v) is 2.18. The summed E-state index contributed by atoms with van der Waals surface area (Å²) in [5.41, 5.74) is 0.903. The summed E-state index contributed by atoms with van der Waals surface area (Å²) in [6, 6.07) is 5.45. The van der Waals surface area contributed by atoms with Gasteiger partial charge in [-0.1, -0.05) is 22.7 Å². The van der Waals surface area contributed by atoms with Crippen molar-refractivity contribution in [2.24, 2.45) is 0 Å². The van der Waals surface area contributed by atoms with Gasteiger partial charge in [-0.2, -0.15) is 0 Å². The summed E-state index contributed by atoms with van der Waals surface area (Å²) >= 11 is 1.13. The SMILES string of the molecule is CNC(c1csnn1)c1ccccc1OC(F)(F)F. The van der Waals surface area contributed by atoms with Crippen molar-refractivity contribution in [1.82, 2.24) is 14.9 Å². The summed E-state index contributed by atoms with van der Waals surface area (Å²) in [5, 5.41) is 8.45. The normalized spacial score (nSPS) is 13.3. The predicted molar refractivity (Wildman–Crippen MR) is 63.9 cm³/mol. The van der Waals surface area contributed by atoms with Gasteiger partial charge < -0.3 is 10.1 Å². The maximum absolute atomic E-state index is 12.4. The van der Waals surface area contributed by atoms with Crippen LogP contribution in [0.5, 0.6) is 5.75 Å². The topological polar surface area (TPSA) is 47.0 Å². The summed E-state index contributed by atoms with van der Waals surface area (Å²) in [6.45, 7) is 0. The monoisotopic (exact) mass is 289 g/mol. The number of aromatic nitrogens is 2. The van der Waals surface area contributed by atoms with Gasteiger partial charge in [0.2, 0.25) is 0 Å². The van der Waals surface area contributed by atoms with Gasteiger partial charge >= 0.3 is 6.36 Å². The molecular weight excluding hydrogens is 279 g/mol. The van der Waals surface area contributed by atoms with Crippen molar-refractivity contribution in [3.05, 3.63) is 40.9 Å². The van der Waals surface area contributed by atoms with Crippen LogP contribution in [0.15, 0.2) is 29.6 Å². The van der Waals surface area contributed by atoms with Crippen LogP contribution < -0.4 is 10.1 Å². The first-order chi connectivity index (χ1) is 9.01. The minimum atomic E-state index is -4.73. The van der Waals surface area contributed by atoms with E-state index in [1.54, 1.807) is 24.6 Å². The second kappa shape index (κ2) is 5.54. The number of ether oxygens (including phenoxy) is 1. The number of hydrogen-bond acceptors (Lipinski definition) is 5. The van der Waals surface area contributed by atoms with E-state index in [9.17, 15) is 13.2 Å². The molecule has 0 saturated carbocycles. The van der Waals surface area contributed by atoms with E-state index in [4.69, 9.17) is 0 Å². The van der Waals surface area contributed by atoms with Crippen LogP contribution in [0.2, 0.25) is 0 Å². The van der Waals surface area contributed by atoms with Crippen molar-refractivity contribution >= 4 is 11.5 Å². The van der Waals surface area contributed by atoms with Crippen molar-refractivity contribution in [3.8, 4) is 5.75 Å². The van der Waals surface area contributed by atoms with Gasteiger partial charge in [-0.05, 0) is 24.6 Å². The molecule has 0 aliphatic heterocycles. The number of rotatable bonds is 4. The Balaban J connectivity index is 2.38. The van der Waals surface area contributed by atoms with Crippen LogP contribution >= 0.6 is 11.5 Å². The number of para-hydroxylation sites is 1. The first-order valence-corrected chi connectivity index (χ1v) is 6.14. The van der Waals surface area contributed by atoms with Crippen LogP contribution in [0.25, 0.3) is 0 Å². The third kappa shape index (κ3) is 3.42. The van der Waals surface area contributed by atoms with Crippen LogP contribution in [0, 0.1) is 0 Å². The molecule has 1 heterocycles. The lowest BCUT2D eigenvalue weighted by Gasteiger charge is -2.18. The Kier molecular flexibility index (Phi) is 4.01. The highest BCUT2D eigenvalue weighted by Crippen LogP contribution is 2.32. The van der Waals surface area contributed by atoms with Gasteiger partial charge in [-0.3, -0.25) is 0 Å². The predicted octanol–water partition coefficient (Wildman–Crippen LogP) is 2.75. The number of alkyl halides is 3. The van der Waals surface area contributed by atoms with Crippen molar-refractivity contribution in [1.29, 1.82) is 0 Å². The molecule has 8 heteroatoms. The molecule has 4 nitrogen and oxygen atoms in total. The molecule has 1 unspecified atom stereocenters. The summed E-state index contributed by atoms with van der Waals surface area (Å²) in [5.74, 6) is -0.248. The fraction of sp³-hybridized carbons (Fsp3) is 0.273. The molecule has 1 atom stereocenters. The zero-order valence-corrected chi connectivity index (χ0v) is 10.6. The van der Waals surface area contributed by atoms with Crippen LogP contribution in [-0.4, -0.2) is 23.0 Å². The largest absolute Gasteiger partial charge is 0.573 e. The molecule has 0 bridgehead atoms. The van der Waals surface area contributed by atoms with Gasteiger partial charge in [0.1, 0.15) is 5.75 Å². The Bertz CT molecular complexity index is 530. The van der Waals surface area contributed by atoms with Gasteiger partial charge in [0.25, 0.3) is 0 Å². The maximum atomic E-state index is 12.4. The number of benzene rings is 1. The first kappa shape index (κ1) is 13.8. The second-order valence-corrected chi connectivity index (χ2v) is 4.25. The van der Waals surface area contributed by atoms with Crippen LogP contribution in [0.1, 0.15) is 17.3 Å². The number of halogens is 3. The average molecular weight is 289 g/mol. The van der Waals surface area contributed by atoms with Gasteiger partial charge in [-0.25, -0.2) is 0 Å². The molecule has 2 rings (SSSR count). The number of nitrogens with zero attached hydrogens (tertiary/aromatic N) is 2. The number of nitrogens with one attached hydrogen (secondary N) is 1. The molecule has 0 spiro atoms. The fourth-order valence-electron chi connectivity index (χ4n) is 1.70. The van der Waals surface area contributed by atoms with Gasteiger partial charge in [0.05, 0.1) is 11.7 Å². The summed E-state index contributed by atoms with van der Waals surface area (Å²) in [7, 11) is 1.63. The quantitative estimate of drug-likeness (QED) is 0.940. The molecule has 1 aromatic heterocycles. The Labute approximate surface area is 111 Å². The molecule has 1 aromatic carbocycles. The second-order valence-electron chi connectivity index (χ2n) is 3.64. The molecule has 1 N–H and O–H groups in total. The van der Waals surface area contributed by atoms with Crippen molar-refractivity contribution in [3.63, 3.8) is 0 Å². The molecule has 2 aromatic rings. The van der Waals surface area contributed by atoms with E-state index in [0.29, 0.717) is 11.3 Å². The highest BCUT2D eigenvalue weighted by molar-refractivity contribution is 7.03. The maximum Gasteiger partial charge on any atom is 0.573 e. The highest BCUT2D eigenvalue weighted by Gasteiger charge is 2.33. The molecule has 19 heavy (non-hydrogen) atoms. The van der Waals surface area contributed by atoms with E-state index in [-0.39, 0.29) is 5.75 Å². The summed E-state index contributed by atoms with van der Waals surface area (Å²) < 4.78 is 44.8. The Morgan fingerprint density at radius 3 is 2.63 bits per heavy atom. The lowest BCUT2D eigenvalue weighted by molar-refractivity contribution is -0.275. The van der Waals surface area contributed by atoms with Gasteiger partial charge in [-0.15, -0.1) is 18.3 Å². The van der Waals surface area contributed by atoms with Crippen LogP contribution in [0.3, 0.4) is 0 Å². The van der Waals surface area contributed by atoms with E-state index in [2.05, 4.69) is 19.6 Å². The summed E-state index contributed by atoms with van der Waals surface area (Å²) in [4.78, 5) is 0. The minimum absolute atomic E-state index is 0.248. The third-order valence-corrected chi connectivity index (χ3v) is 2.94. The molecule has 0 amide bonds. The third-order valence-electron chi connectivity index (χ3n) is 2.42. The zero-order chi connectivity index (χ0) is 13.9. The molecular formula is C11H10F3N3OS. The lowest BCUT2D eigenvalue weighted by Crippen LogP contribution is -2.22. The lowest BCUT2D eigenvalue weighted by atomic mass is 10.0. The molecule has 0 aliphatic carbocycles. The van der Waals surface area contributed by atoms with Crippen LogP contribution in [0.4, 0.5) is 13.2 Å². The van der Waals surface area contributed by atoms with E-state index in [1.807, 2.05) is 0 Å². The Morgan fingerprint density at radius 2 is 2.05 bits per heavy atom. The summed E-state index contributed by atoms with van der Waals surface area (Å²) in [6.07, 6.45) is -4.73. The van der Waals surface area contributed by atoms with Gasteiger partial charge in [0.15, 0.2) is 0 Å². The van der Waals surface area contributed by atoms with Crippen molar-refractivity contribution < 1.29 is 17.9 Å². The molecule has 0 aliphatic rings. The first-order valence-electron chi connectivity index (χ1n) is 5.30. The standard InChI is InChI=1S/C11H10F3N3OS/c1-15-10(8-6-19-17-16-8)7-4-2-3-5-9(7)18-11(12,13)14/h2-6,10,15H,1H3. The smallest absolute Gasteiger partial charge is 0.405 e. The zero-order valence-electron chi connectivity index (χ0n) is 9.81. The highest BCUT2D eigenvalue weighted by atomic mass is 32.1. The van der Waals surface area contributed by atoms with E-state index < -0.39 is 12.4 Å². The van der Waals surface area contributed by atoms with E-state index >= 15 is 0 Å². The Hall–Kier alpha value is -1.67. The van der Waals surface area contributed by atoms with Crippen LogP contribution in [-0.2, 0) is 0 Å². The molecule has 0 radical (unpaired) electrons. The molecule has 0 fully saturated rings. The average Bonchev–Trinajstić information content (AvgIpc) is 2.84. The van der Waals surface area contributed by atoms with Gasteiger partial charge in [0, 0.05) is 10.9 Å². The van der Waals surface area contributed by atoms with Crippen molar-refractivity contribution in [2.45, 2.75) is 12.4 Å². The minimum Gasteiger partial charge on any atom is -0.405 e. The van der Waals surface area contributed by atoms with E-state index in [0.717, 1.165) is 11.5 Å². The molecule has 102 valence electrons. The Morgan fingerprint density at radius 1 is 1.32 bits per heavy atom. The van der Waals surface area contributed by atoms with E-state index in [1.165, 1.54) is 12.1 Å². The number of hydrogen-bond donors (Lipinski definition) is 1. The molecule has 0 saturated heterocycles. The van der Waals surface area contributed by atoms with Crippen molar-refractivity contribution in [2.75, 3.05) is 7.05 Å².